The fraction of sp³-hybridized carbons (Fsp3) is 0.483. The second kappa shape index (κ2) is 11.3. The van der Waals surface area contributed by atoms with Crippen molar-refractivity contribution in [1.82, 2.24) is 25.4 Å². The summed E-state index contributed by atoms with van der Waals surface area (Å²) in [7, 11) is 0. The highest BCUT2D eigenvalue weighted by atomic mass is 16.2. The molecule has 5 atom stereocenters. The van der Waals surface area contributed by atoms with Gasteiger partial charge in [0.2, 0.25) is 17.7 Å². The van der Waals surface area contributed by atoms with E-state index in [2.05, 4.69) is 15.6 Å². The third-order valence-corrected chi connectivity index (χ3v) is 8.04. The molecule has 5 rings (SSSR count). The number of amides is 4. The Morgan fingerprint density at radius 1 is 1.00 bits per heavy atom. The second-order valence-electron chi connectivity index (χ2n) is 10.8. The second-order valence-corrected chi connectivity index (χ2v) is 10.8. The van der Waals surface area contributed by atoms with Crippen molar-refractivity contribution in [2.75, 3.05) is 19.6 Å². The molecular weight excluding hydrogens is 482 g/mol. The molecule has 0 aliphatic carbocycles. The van der Waals surface area contributed by atoms with Crippen LogP contribution < -0.4 is 10.6 Å². The molecule has 3 saturated heterocycles. The number of fused-ring (bicyclic) bond motifs is 4. The van der Waals surface area contributed by atoms with Gasteiger partial charge in [0.25, 0.3) is 5.91 Å². The van der Waals surface area contributed by atoms with Crippen LogP contribution in [0.1, 0.15) is 48.5 Å². The van der Waals surface area contributed by atoms with Crippen LogP contribution in [-0.4, -0.2) is 76.2 Å². The van der Waals surface area contributed by atoms with Crippen LogP contribution in [0.25, 0.3) is 0 Å². The van der Waals surface area contributed by atoms with Crippen molar-refractivity contribution in [1.29, 1.82) is 0 Å². The molecule has 1 aromatic heterocycles. The van der Waals surface area contributed by atoms with Crippen molar-refractivity contribution in [2.24, 2.45) is 11.8 Å². The van der Waals surface area contributed by atoms with Gasteiger partial charge in [-0.1, -0.05) is 30.3 Å². The highest BCUT2D eigenvalue weighted by Gasteiger charge is 2.45. The molecule has 200 valence electrons. The van der Waals surface area contributed by atoms with Crippen molar-refractivity contribution >= 4 is 23.6 Å². The van der Waals surface area contributed by atoms with Gasteiger partial charge in [0.15, 0.2) is 0 Å². The van der Waals surface area contributed by atoms with Gasteiger partial charge in [0.05, 0.1) is 0 Å². The molecule has 0 radical (unpaired) electrons. The van der Waals surface area contributed by atoms with Gasteiger partial charge in [-0.15, -0.1) is 0 Å². The van der Waals surface area contributed by atoms with Crippen LogP contribution in [0.5, 0.6) is 0 Å². The Labute approximate surface area is 223 Å². The van der Waals surface area contributed by atoms with Crippen molar-refractivity contribution in [3.8, 4) is 0 Å². The predicted octanol–water partition coefficient (Wildman–Crippen LogP) is 1.79. The van der Waals surface area contributed by atoms with E-state index in [9.17, 15) is 19.2 Å². The van der Waals surface area contributed by atoms with Gasteiger partial charge in [-0.2, -0.15) is 0 Å². The SMILES string of the molecule is C[C@H]1NC(=O)CCC[C@H]2[C@@H]3C[C@@H](CN(C(=O)c4ccncc4)C3)CN2C(=O)[C@H](Cc2ccccc2)NC1=O. The fourth-order valence-electron chi connectivity index (χ4n) is 6.21. The highest BCUT2D eigenvalue weighted by Crippen LogP contribution is 2.36. The first-order chi connectivity index (χ1) is 18.4. The van der Waals surface area contributed by atoms with Crippen molar-refractivity contribution in [3.63, 3.8) is 0 Å². The largest absolute Gasteiger partial charge is 0.345 e. The fourth-order valence-corrected chi connectivity index (χ4v) is 6.21. The quantitative estimate of drug-likeness (QED) is 0.645. The van der Waals surface area contributed by atoms with Gasteiger partial charge in [0, 0.05) is 56.5 Å². The van der Waals surface area contributed by atoms with E-state index < -0.39 is 12.1 Å². The summed E-state index contributed by atoms with van der Waals surface area (Å²) in [5.74, 6) is -0.376. The summed E-state index contributed by atoms with van der Waals surface area (Å²) in [6, 6.07) is 11.6. The molecular formula is C29H35N5O4. The molecule has 2 N–H and O–H groups in total. The maximum Gasteiger partial charge on any atom is 0.253 e. The third kappa shape index (κ3) is 5.71. The Morgan fingerprint density at radius 2 is 1.76 bits per heavy atom. The van der Waals surface area contributed by atoms with Crippen LogP contribution in [-0.2, 0) is 20.8 Å². The smallest absolute Gasteiger partial charge is 0.253 e. The van der Waals surface area contributed by atoms with Gasteiger partial charge in [-0.25, -0.2) is 0 Å². The number of aromatic nitrogens is 1. The zero-order valence-electron chi connectivity index (χ0n) is 21.7. The number of likely N-dealkylation sites (tertiary alicyclic amines) is 1. The number of benzene rings is 1. The third-order valence-electron chi connectivity index (χ3n) is 8.04. The number of hydrogen-bond donors (Lipinski definition) is 2. The topological polar surface area (TPSA) is 112 Å². The first kappa shape index (κ1) is 25.9. The maximum atomic E-state index is 14.1. The molecule has 3 aliphatic rings. The van der Waals surface area contributed by atoms with Crippen LogP contribution in [0, 0.1) is 11.8 Å². The molecule has 3 aliphatic heterocycles. The molecule has 0 saturated carbocycles. The number of hydrogen-bond acceptors (Lipinski definition) is 5. The minimum atomic E-state index is -0.737. The first-order valence-electron chi connectivity index (χ1n) is 13.5. The van der Waals surface area contributed by atoms with E-state index in [4.69, 9.17) is 0 Å². The van der Waals surface area contributed by atoms with E-state index in [0.29, 0.717) is 50.9 Å². The van der Waals surface area contributed by atoms with Gasteiger partial charge in [-0.05, 0) is 55.7 Å². The zero-order chi connectivity index (χ0) is 26.6. The zero-order valence-corrected chi connectivity index (χ0v) is 21.7. The molecule has 2 aromatic rings. The van der Waals surface area contributed by atoms with E-state index in [0.717, 1.165) is 12.0 Å². The Hall–Kier alpha value is -3.75. The number of nitrogens with one attached hydrogen (secondary N) is 2. The number of nitrogens with zero attached hydrogens (tertiary/aromatic N) is 3. The molecule has 9 nitrogen and oxygen atoms in total. The molecule has 9 heteroatoms. The summed E-state index contributed by atoms with van der Waals surface area (Å²) in [5.41, 5.74) is 1.57. The van der Waals surface area contributed by atoms with Crippen LogP contribution in [0.15, 0.2) is 54.9 Å². The minimum absolute atomic E-state index is 0.0161. The predicted molar refractivity (Wildman–Crippen MR) is 141 cm³/mol. The minimum Gasteiger partial charge on any atom is -0.345 e. The first-order valence-corrected chi connectivity index (χ1v) is 13.5. The number of rotatable bonds is 3. The summed E-state index contributed by atoms with van der Waals surface area (Å²) >= 11 is 0. The molecule has 0 spiro atoms. The van der Waals surface area contributed by atoms with Crippen LogP contribution >= 0.6 is 0 Å². The van der Waals surface area contributed by atoms with Gasteiger partial charge < -0.3 is 20.4 Å². The van der Waals surface area contributed by atoms with E-state index in [1.807, 2.05) is 40.1 Å². The van der Waals surface area contributed by atoms with Crippen LogP contribution in [0.3, 0.4) is 0 Å². The van der Waals surface area contributed by atoms with Crippen molar-refractivity contribution in [3.05, 3.63) is 66.0 Å². The van der Waals surface area contributed by atoms with E-state index in [1.54, 1.807) is 31.5 Å². The van der Waals surface area contributed by atoms with E-state index in [1.165, 1.54) is 0 Å². The van der Waals surface area contributed by atoms with Gasteiger partial charge in [0.1, 0.15) is 12.1 Å². The molecule has 2 bridgehead atoms. The lowest BCUT2D eigenvalue weighted by Crippen LogP contribution is -2.63. The molecule has 4 amide bonds. The number of carbonyl (C=O) groups is 4. The van der Waals surface area contributed by atoms with Crippen LogP contribution in [0.2, 0.25) is 0 Å². The number of carbonyl (C=O) groups excluding carboxylic acids is 4. The Kier molecular flexibility index (Phi) is 7.72. The van der Waals surface area contributed by atoms with Crippen molar-refractivity contribution in [2.45, 2.75) is 57.2 Å². The molecule has 3 fully saturated rings. The standard InChI is InChI=1S/C29H35N5O4/c1-19-27(36)32-24(15-20-6-3-2-4-7-20)29(38)34-17-21-14-23(25(34)8-5-9-26(35)31-19)18-33(16-21)28(37)22-10-12-30-13-11-22/h2-4,6-7,10-13,19,21,23-25H,5,8-9,14-18H2,1H3,(H,31,35)(H,32,36)/t19-,21+,23-,24+,25+/m1/s1. The average molecular weight is 518 g/mol. The molecule has 1 aromatic carbocycles. The summed E-state index contributed by atoms with van der Waals surface area (Å²) in [5, 5.41) is 5.70. The normalized spacial score (nSPS) is 28.3. The average Bonchev–Trinajstić information content (AvgIpc) is 2.93. The van der Waals surface area contributed by atoms with Gasteiger partial charge in [-0.3, -0.25) is 24.2 Å². The number of piperidine rings is 2. The van der Waals surface area contributed by atoms with Gasteiger partial charge >= 0.3 is 0 Å². The Morgan fingerprint density at radius 3 is 2.53 bits per heavy atom. The lowest BCUT2D eigenvalue weighted by molar-refractivity contribution is -0.145. The highest BCUT2D eigenvalue weighted by molar-refractivity contribution is 5.94. The number of pyridine rings is 1. The van der Waals surface area contributed by atoms with E-state index in [-0.39, 0.29) is 41.5 Å². The Balaban J connectivity index is 1.41. The summed E-state index contributed by atoms with van der Waals surface area (Å²) < 4.78 is 0. The summed E-state index contributed by atoms with van der Waals surface area (Å²) in [6.07, 6.45) is 6.13. The lowest BCUT2D eigenvalue weighted by atomic mass is 9.77. The summed E-state index contributed by atoms with van der Waals surface area (Å²) in [4.78, 5) is 60.8. The van der Waals surface area contributed by atoms with Crippen LogP contribution in [0.4, 0.5) is 0 Å². The molecule has 4 heterocycles. The Bertz CT molecular complexity index is 1170. The van der Waals surface area contributed by atoms with E-state index >= 15 is 0 Å². The maximum absolute atomic E-state index is 14.1. The van der Waals surface area contributed by atoms with Crippen molar-refractivity contribution < 1.29 is 19.2 Å². The molecule has 0 unspecified atom stereocenters. The monoisotopic (exact) mass is 517 g/mol. The lowest BCUT2D eigenvalue weighted by Gasteiger charge is -2.51. The summed E-state index contributed by atoms with van der Waals surface area (Å²) in [6.45, 7) is 3.32. The molecule has 38 heavy (non-hydrogen) atoms.